The lowest BCUT2D eigenvalue weighted by atomic mass is 10.1. The number of alkyl halides is 3. The number of nitrogens with zero attached hydrogens (tertiary/aromatic N) is 1. The van der Waals surface area contributed by atoms with Crippen molar-refractivity contribution in [3.05, 3.63) is 54.2 Å². The van der Waals surface area contributed by atoms with E-state index < -0.39 is 28.9 Å². The highest BCUT2D eigenvalue weighted by Gasteiger charge is 2.32. The van der Waals surface area contributed by atoms with Crippen molar-refractivity contribution in [3.63, 3.8) is 0 Å². The molecule has 30 heavy (non-hydrogen) atoms. The van der Waals surface area contributed by atoms with Crippen molar-refractivity contribution in [2.24, 2.45) is 0 Å². The molecule has 1 heterocycles. The van der Waals surface area contributed by atoms with Crippen LogP contribution in [0.3, 0.4) is 0 Å². The Morgan fingerprint density at radius 3 is 2.50 bits per heavy atom. The van der Waals surface area contributed by atoms with E-state index in [-0.39, 0.29) is 17.7 Å². The molecule has 0 atom stereocenters. The lowest BCUT2D eigenvalue weighted by Gasteiger charge is -2.34. The van der Waals surface area contributed by atoms with Gasteiger partial charge in [0.2, 0.25) is 0 Å². The summed E-state index contributed by atoms with van der Waals surface area (Å²) < 4.78 is 69.6. The molecule has 11 heteroatoms. The van der Waals surface area contributed by atoms with Crippen LogP contribution >= 0.6 is 10.8 Å². The van der Waals surface area contributed by atoms with Crippen LogP contribution in [0.25, 0.3) is 10.9 Å². The number of hydrogen-bond donors (Lipinski definition) is 3. The SMILES string of the molecule is COc1ccc2c(c1)c(CCC(=O)O)cn2S(O)(O)c1cccc(OC(F)(F)F)c1. The Hall–Kier alpha value is -2.89. The van der Waals surface area contributed by atoms with E-state index >= 15 is 0 Å². The zero-order valence-electron chi connectivity index (χ0n) is 15.6. The largest absolute Gasteiger partial charge is 0.573 e. The number of benzene rings is 2. The average molecular weight is 445 g/mol. The second-order valence-electron chi connectivity index (χ2n) is 6.30. The van der Waals surface area contributed by atoms with Crippen LogP contribution in [-0.4, -0.2) is 37.6 Å². The van der Waals surface area contributed by atoms with Crippen molar-refractivity contribution in [2.45, 2.75) is 24.1 Å². The van der Waals surface area contributed by atoms with Crippen molar-refractivity contribution in [1.82, 2.24) is 3.97 Å². The number of aliphatic carboxylic acids is 1. The van der Waals surface area contributed by atoms with E-state index in [0.717, 1.165) is 16.1 Å². The van der Waals surface area contributed by atoms with Crippen molar-refractivity contribution >= 4 is 27.6 Å². The van der Waals surface area contributed by atoms with Crippen LogP contribution in [0.15, 0.2) is 53.6 Å². The number of methoxy groups -OCH3 is 1. The second kappa shape index (κ2) is 8.09. The number of hydrogen-bond acceptors (Lipinski definition) is 5. The first kappa shape index (κ1) is 21.8. The van der Waals surface area contributed by atoms with Crippen LogP contribution < -0.4 is 9.47 Å². The molecular weight excluding hydrogens is 427 g/mol. The number of carboxylic acids is 1. The molecule has 0 bridgehead atoms. The highest BCUT2D eigenvalue weighted by Crippen LogP contribution is 2.53. The summed E-state index contributed by atoms with van der Waals surface area (Å²) in [4.78, 5) is 10.8. The van der Waals surface area contributed by atoms with Gasteiger partial charge in [0, 0.05) is 24.1 Å². The number of carboxylic acid groups (broad SMARTS) is 1. The lowest BCUT2D eigenvalue weighted by molar-refractivity contribution is -0.274. The second-order valence-corrected chi connectivity index (χ2v) is 8.20. The topological polar surface area (TPSA) is 101 Å². The van der Waals surface area contributed by atoms with Gasteiger partial charge >= 0.3 is 12.3 Å². The zero-order valence-corrected chi connectivity index (χ0v) is 16.4. The summed E-state index contributed by atoms with van der Waals surface area (Å²) in [5.74, 6) is -1.14. The highest BCUT2D eigenvalue weighted by molar-refractivity contribution is 8.23. The molecule has 0 fully saturated rings. The number of rotatable bonds is 7. The van der Waals surface area contributed by atoms with Crippen LogP contribution in [0.5, 0.6) is 11.5 Å². The van der Waals surface area contributed by atoms with E-state index in [9.17, 15) is 27.1 Å². The van der Waals surface area contributed by atoms with E-state index in [2.05, 4.69) is 4.74 Å². The maximum absolute atomic E-state index is 12.5. The van der Waals surface area contributed by atoms with Crippen molar-refractivity contribution < 1.29 is 41.7 Å². The lowest BCUT2D eigenvalue weighted by Crippen LogP contribution is -2.17. The smallest absolute Gasteiger partial charge is 0.497 e. The molecule has 3 N–H and O–H groups in total. The van der Waals surface area contributed by atoms with Crippen LogP contribution in [-0.2, 0) is 11.2 Å². The van der Waals surface area contributed by atoms with E-state index in [1.54, 1.807) is 18.2 Å². The molecule has 0 aliphatic carbocycles. The number of aromatic nitrogens is 1. The first-order valence-corrected chi connectivity index (χ1v) is 10.1. The minimum Gasteiger partial charge on any atom is -0.497 e. The summed E-state index contributed by atoms with van der Waals surface area (Å²) in [6.45, 7) is 0. The fourth-order valence-corrected chi connectivity index (χ4v) is 4.45. The molecule has 0 saturated heterocycles. The fraction of sp³-hybridized carbons (Fsp3) is 0.211. The van der Waals surface area contributed by atoms with Gasteiger partial charge in [0.25, 0.3) is 0 Å². The first-order valence-electron chi connectivity index (χ1n) is 8.55. The summed E-state index contributed by atoms with van der Waals surface area (Å²) in [5.41, 5.74) is 0.882. The van der Waals surface area contributed by atoms with Crippen molar-refractivity contribution in [1.29, 1.82) is 0 Å². The van der Waals surface area contributed by atoms with Crippen molar-refractivity contribution in [2.75, 3.05) is 7.11 Å². The molecule has 0 aliphatic rings. The quantitative estimate of drug-likeness (QED) is 0.466. The van der Waals surface area contributed by atoms with Crippen LogP contribution in [0.2, 0.25) is 0 Å². The van der Waals surface area contributed by atoms with Crippen LogP contribution in [0, 0.1) is 0 Å². The third-order valence-corrected chi connectivity index (χ3v) is 6.04. The Morgan fingerprint density at radius 2 is 1.87 bits per heavy atom. The molecule has 2 aromatic carbocycles. The third-order valence-electron chi connectivity index (χ3n) is 4.30. The first-order chi connectivity index (χ1) is 14.0. The van der Waals surface area contributed by atoms with Gasteiger partial charge in [-0.05, 0) is 42.3 Å². The van der Waals surface area contributed by atoms with E-state index in [1.807, 2.05) is 0 Å². The molecule has 0 saturated carbocycles. The van der Waals surface area contributed by atoms with Gasteiger partial charge in [0.05, 0.1) is 17.5 Å². The Labute approximate surface area is 170 Å². The summed E-state index contributed by atoms with van der Waals surface area (Å²) in [5, 5.41) is 9.52. The molecule has 1 aromatic heterocycles. The standard InChI is InChI=1S/C19H18F3NO6S/c1-28-13-6-7-17-16(10-13)12(5-8-18(24)25)11-23(17)30(26,27)15-4-2-3-14(9-15)29-19(20,21)22/h2-4,6-7,9-11,26-27H,5,8H2,1H3,(H,24,25). The fourth-order valence-electron chi connectivity index (χ4n) is 2.98. The maximum Gasteiger partial charge on any atom is 0.573 e. The molecule has 0 unspecified atom stereocenters. The number of halogens is 3. The van der Waals surface area contributed by atoms with Crippen molar-refractivity contribution in [3.8, 4) is 11.5 Å². The molecule has 0 spiro atoms. The van der Waals surface area contributed by atoms with E-state index in [0.29, 0.717) is 22.2 Å². The summed E-state index contributed by atoms with van der Waals surface area (Å²) in [6.07, 6.45) is -3.62. The minimum atomic E-state index is -4.93. The predicted octanol–water partition coefficient (Wildman–Crippen LogP) is 5.14. The molecule has 0 radical (unpaired) electrons. The third kappa shape index (κ3) is 4.64. The van der Waals surface area contributed by atoms with Gasteiger partial charge in [-0.2, -0.15) is 0 Å². The van der Waals surface area contributed by atoms with Gasteiger partial charge < -0.3 is 14.6 Å². The van der Waals surface area contributed by atoms with Gasteiger partial charge in [0.1, 0.15) is 11.5 Å². The van der Waals surface area contributed by atoms with E-state index in [4.69, 9.17) is 9.84 Å². The average Bonchev–Trinajstić information content (AvgIpc) is 3.03. The summed E-state index contributed by atoms with van der Waals surface area (Å²) in [6, 6.07) is 9.19. The normalized spacial score (nSPS) is 12.7. The molecule has 3 rings (SSSR count). The predicted molar refractivity (Wildman–Crippen MR) is 104 cm³/mol. The Morgan fingerprint density at radius 1 is 1.13 bits per heavy atom. The summed E-state index contributed by atoms with van der Waals surface area (Å²) in [7, 11) is -2.35. The van der Waals surface area contributed by atoms with Gasteiger partial charge in [-0.3, -0.25) is 13.9 Å². The number of carbonyl (C=O) groups is 1. The molecule has 3 aromatic rings. The molecule has 0 amide bonds. The Kier molecular flexibility index (Phi) is 5.88. The Balaban J connectivity index is 2.10. The molecule has 7 nitrogen and oxygen atoms in total. The number of ether oxygens (including phenoxy) is 2. The van der Waals surface area contributed by atoms with E-state index in [1.165, 1.54) is 25.4 Å². The maximum atomic E-state index is 12.5. The molecular formula is C19H18F3NO6S. The van der Waals surface area contributed by atoms with Gasteiger partial charge in [-0.1, -0.05) is 16.8 Å². The monoisotopic (exact) mass is 445 g/mol. The van der Waals surface area contributed by atoms with Gasteiger partial charge in [-0.25, -0.2) is 3.97 Å². The zero-order chi connectivity index (χ0) is 22.1. The van der Waals surface area contributed by atoms with Gasteiger partial charge in [0.15, 0.2) is 0 Å². The minimum absolute atomic E-state index is 0.110. The highest BCUT2D eigenvalue weighted by atomic mass is 32.3. The van der Waals surface area contributed by atoms with Gasteiger partial charge in [-0.15, -0.1) is 13.2 Å². The number of aryl methyl sites for hydroxylation is 1. The molecule has 162 valence electrons. The Bertz CT molecular complexity index is 1080. The number of fused-ring (bicyclic) bond motifs is 1. The van der Waals surface area contributed by atoms with Crippen LogP contribution in [0.4, 0.5) is 13.2 Å². The van der Waals surface area contributed by atoms with Crippen LogP contribution in [0.1, 0.15) is 12.0 Å². The molecule has 0 aliphatic heterocycles. The summed E-state index contributed by atoms with van der Waals surface area (Å²) >= 11 is 0.